The minimum Gasteiger partial charge on any atom is -0.385 e. The van der Waals surface area contributed by atoms with Crippen molar-refractivity contribution in [2.75, 3.05) is 0 Å². The largest absolute Gasteiger partial charge is 0.385 e. The van der Waals surface area contributed by atoms with Gasteiger partial charge in [0.15, 0.2) is 5.82 Å². The maximum absolute atomic E-state index is 10.3. The molecule has 1 aromatic heterocycles. The first-order valence-corrected chi connectivity index (χ1v) is 5.63. The molecule has 0 aliphatic heterocycles. The first kappa shape index (κ1) is 11.8. The molecule has 90 valence electrons. The van der Waals surface area contributed by atoms with Crippen LogP contribution in [0.1, 0.15) is 32.7 Å². The fourth-order valence-corrected chi connectivity index (χ4v) is 1.59. The Morgan fingerprint density at radius 3 is 2.41 bits per heavy atom. The van der Waals surface area contributed by atoms with Gasteiger partial charge in [-0.25, -0.2) is 9.67 Å². The summed E-state index contributed by atoms with van der Waals surface area (Å²) >= 11 is 0. The van der Waals surface area contributed by atoms with Crippen LogP contribution in [0.4, 0.5) is 0 Å². The van der Waals surface area contributed by atoms with E-state index in [0.29, 0.717) is 5.82 Å². The Kier molecular flexibility index (Phi) is 2.98. The minimum atomic E-state index is -0.648. The van der Waals surface area contributed by atoms with E-state index in [0.717, 1.165) is 5.69 Å². The van der Waals surface area contributed by atoms with Gasteiger partial charge in [-0.15, -0.1) is 0 Å². The van der Waals surface area contributed by atoms with E-state index in [9.17, 15) is 5.11 Å². The number of rotatable bonds is 2. The molecule has 2 rings (SSSR count). The molecule has 0 aliphatic carbocycles. The lowest BCUT2D eigenvalue weighted by Crippen LogP contribution is -2.21. The molecular formula is C13H17N3O. The van der Waals surface area contributed by atoms with Crippen molar-refractivity contribution in [3.8, 4) is 5.69 Å². The van der Waals surface area contributed by atoms with E-state index >= 15 is 0 Å². The average molecular weight is 231 g/mol. The number of aliphatic hydroxyl groups is 1. The summed E-state index contributed by atoms with van der Waals surface area (Å²) in [6.45, 7) is 5.92. The molecule has 1 N–H and O–H groups in total. The van der Waals surface area contributed by atoms with E-state index in [1.165, 1.54) is 6.33 Å². The number of aromatic nitrogens is 3. The van der Waals surface area contributed by atoms with Crippen molar-refractivity contribution >= 4 is 0 Å². The van der Waals surface area contributed by atoms with Crippen molar-refractivity contribution < 1.29 is 5.11 Å². The van der Waals surface area contributed by atoms with E-state index in [1.807, 2.05) is 51.1 Å². The van der Waals surface area contributed by atoms with Gasteiger partial charge in [-0.1, -0.05) is 39.0 Å². The second kappa shape index (κ2) is 4.30. The molecule has 2 aromatic rings. The smallest absolute Gasteiger partial charge is 0.161 e. The molecule has 0 spiro atoms. The van der Waals surface area contributed by atoms with Gasteiger partial charge in [0.25, 0.3) is 0 Å². The van der Waals surface area contributed by atoms with Gasteiger partial charge >= 0.3 is 0 Å². The monoisotopic (exact) mass is 231 g/mol. The first-order chi connectivity index (χ1) is 8.00. The second-order valence-electron chi connectivity index (χ2n) is 5.13. The quantitative estimate of drug-likeness (QED) is 0.863. The zero-order chi connectivity index (χ0) is 12.5. The maximum atomic E-state index is 10.3. The second-order valence-corrected chi connectivity index (χ2v) is 5.13. The van der Waals surface area contributed by atoms with Gasteiger partial charge in [0.2, 0.25) is 0 Å². The summed E-state index contributed by atoms with van der Waals surface area (Å²) in [6.07, 6.45) is 0.822. The summed E-state index contributed by atoms with van der Waals surface area (Å²) in [4.78, 5) is 4.16. The van der Waals surface area contributed by atoms with Crippen molar-refractivity contribution in [2.45, 2.75) is 26.9 Å². The van der Waals surface area contributed by atoms with Crippen molar-refractivity contribution in [1.29, 1.82) is 0 Å². The number of benzene rings is 1. The van der Waals surface area contributed by atoms with Gasteiger partial charge in [-0.3, -0.25) is 0 Å². The summed E-state index contributed by atoms with van der Waals surface area (Å²) in [5, 5.41) is 14.4. The molecule has 0 radical (unpaired) electrons. The average Bonchev–Trinajstić information content (AvgIpc) is 2.76. The highest BCUT2D eigenvalue weighted by Gasteiger charge is 2.28. The highest BCUT2D eigenvalue weighted by Crippen LogP contribution is 2.31. The molecule has 1 unspecified atom stereocenters. The Bertz CT molecular complexity index is 485. The van der Waals surface area contributed by atoms with Crippen molar-refractivity contribution in [3.63, 3.8) is 0 Å². The molecule has 4 nitrogen and oxygen atoms in total. The van der Waals surface area contributed by atoms with Crippen LogP contribution in [0.25, 0.3) is 5.69 Å². The van der Waals surface area contributed by atoms with Crippen molar-refractivity contribution in [1.82, 2.24) is 14.8 Å². The van der Waals surface area contributed by atoms with Crippen LogP contribution in [0.2, 0.25) is 0 Å². The first-order valence-electron chi connectivity index (χ1n) is 5.63. The van der Waals surface area contributed by atoms with Crippen LogP contribution < -0.4 is 0 Å². The lowest BCUT2D eigenvalue weighted by molar-refractivity contribution is 0.0530. The number of hydrogen-bond donors (Lipinski definition) is 1. The Morgan fingerprint density at radius 1 is 1.18 bits per heavy atom. The van der Waals surface area contributed by atoms with Crippen LogP contribution in [0.5, 0.6) is 0 Å². The van der Waals surface area contributed by atoms with Crippen LogP contribution >= 0.6 is 0 Å². The minimum absolute atomic E-state index is 0.264. The molecule has 0 saturated heterocycles. The number of hydrogen-bond acceptors (Lipinski definition) is 3. The van der Waals surface area contributed by atoms with Gasteiger partial charge in [0, 0.05) is 0 Å². The van der Waals surface area contributed by atoms with E-state index < -0.39 is 6.10 Å². The predicted octanol–water partition coefficient (Wildman–Crippen LogP) is 2.35. The molecule has 0 amide bonds. The van der Waals surface area contributed by atoms with Crippen LogP contribution in [0.3, 0.4) is 0 Å². The molecule has 17 heavy (non-hydrogen) atoms. The van der Waals surface area contributed by atoms with E-state index in [-0.39, 0.29) is 5.41 Å². The van der Waals surface area contributed by atoms with Crippen molar-refractivity contribution in [2.24, 2.45) is 5.41 Å². The van der Waals surface area contributed by atoms with Crippen LogP contribution in [0.15, 0.2) is 36.7 Å². The maximum Gasteiger partial charge on any atom is 0.161 e. The van der Waals surface area contributed by atoms with Crippen LogP contribution in [-0.2, 0) is 0 Å². The molecule has 1 aromatic carbocycles. The fraction of sp³-hybridized carbons (Fsp3) is 0.385. The van der Waals surface area contributed by atoms with Crippen LogP contribution in [-0.4, -0.2) is 19.9 Å². The van der Waals surface area contributed by atoms with E-state index in [4.69, 9.17) is 0 Å². The standard InChI is InChI=1S/C13H17N3O/c1-13(2,3)11(17)12-14-9-15-16(12)10-7-5-4-6-8-10/h4-9,11,17H,1-3H3. The van der Waals surface area contributed by atoms with Crippen molar-refractivity contribution in [3.05, 3.63) is 42.5 Å². The molecule has 0 saturated carbocycles. The Balaban J connectivity index is 2.43. The Morgan fingerprint density at radius 2 is 1.82 bits per heavy atom. The lowest BCUT2D eigenvalue weighted by atomic mass is 9.88. The lowest BCUT2D eigenvalue weighted by Gasteiger charge is -2.25. The summed E-state index contributed by atoms with van der Waals surface area (Å²) in [7, 11) is 0. The summed E-state index contributed by atoms with van der Waals surface area (Å²) in [5.41, 5.74) is 0.642. The third kappa shape index (κ3) is 2.36. The summed E-state index contributed by atoms with van der Waals surface area (Å²) in [6, 6.07) is 9.69. The van der Waals surface area contributed by atoms with Crippen LogP contribution in [0, 0.1) is 5.41 Å². The highest BCUT2D eigenvalue weighted by molar-refractivity contribution is 5.31. The molecule has 4 heteroatoms. The predicted molar refractivity (Wildman–Crippen MR) is 65.8 cm³/mol. The van der Waals surface area contributed by atoms with Gasteiger partial charge in [0.1, 0.15) is 12.4 Å². The third-order valence-electron chi connectivity index (χ3n) is 2.64. The fourth-order valence-electron chi connectivity index (χ4n) is 1.59. The summed E-state index contributed by atoms with van der Waals surface area (Å²) in [5.74, 6) is 0.573. The molecule has 1 heterocycles. The highest BCUT2D eigenvalue weighted by atomic mass is 16.3. The molecule has 0 fully saturated rings. The zero-order valence-corrected chi connectivity index (χ0v) is 10.3. The number of nitrogens with zero attached hydrogens (tertiary/aromatic N) is 3. The normalized spacial score (nSPS) is 13.6. The van der Waals surface area contributed by atoms with Gasteiger partial charge in [-0.05, 0) is 17.5 Å². The molecule has 0 bridgehead atoms. The molecular weight excluding hydrogens is 214 g/mol. The third-order valence-corrected chi connectivity index (χ3v) is 2.64. The topological polar surface area (TPSA) is 50.9 Å². The van der Waals surface area contributed by atoms with Gasteiger partial charge in [0.05, 0.1) is 5.69 Å². The molecule has 1 atom stereocenters. The number of aliphatic hydroxyl groups excluding tert-OH is 1. The SMILES string of the molecule is CC(C)(C)C(O)c1ncnn1-c1ccccc1. The van der Waals surface area contributed by atoms with E-state index in [1.54, 1.807) is 4.68 Å². The molecule has 0 aliphatic rings. The number of para-hydroxylation sites is 1. The Labute approximate surface area is 101 Å². The zero-order valence-electron chi connectivity index (χ0n) is 10.3. The van der Waals surface area contributed by atoms with Gasteiger partial charge < -0.3 is 5.11 Å². The van der Waals surface area contributed by atoms with E-state index in [2.05, 4.69) is 10.1 Å². The Hall–Kier alpha value is -1.68. The summed E-state index contributed by atoms with van der Waals surface area (Å²) < 4.78 is 1.68. The van der Waals surface area contributed by atoms with Gasteiger partial charge in [-0.2, -0.15) is 5.10 Å².